The predicted molar refractivity (Wildman–Crippen MR) is 90.7 cm³/mol. The zero-order chi connectivity index (χ0) is 16.3. The topological polar surface area (TPSA) is 101 Å². The van der Waals surface area contributed by atoms with Gasteiger partial charge in [0.25, 0.3) is 0 Å². The Balaban J connectivity index is 0.00000264. The first kappa shape index (κ1) is 19.7. The van der Waals surface area contributed by atoms with Crippen LogP contribution < -0.4 is 15.8 Å². The smallest absolute Gasteiger partial charge is 0.229 e. The van der Waals surface area contributed by atoms with Gasteiger partial charge < -0.3 is 11.1 Å². The summed E-state index contributed by atoms with van der Waals surface area (Å²) >= 11 is 0. The summed E-state index contributed by atoms with van der Waals surface area (Å²) in [5.74, 6) is -1.05. The number of nitrogens with one attached hydrogen (secondary N) is 2. The number of hydrogen-bond acceptors (Lipinski definition) is 4. The van der Waals surface area contributed by atoms with Crippen molar-refractivity contribution in [1.29, 1.82) is 0 Å². The molecule has 0 heterocycles. The number of hydrogen-bond donors (Lipinski definition) is 3. The number of carbonyl (C=O) groups is 1. The molecule has 1 aliphatic rings. The van der Waals surface area contributed by atoms with E-state index < -0.39 is 15.8 Å². The van der Waals surface area contributed by atoms with Gasteiger partial charge in [0.15, 0.2) is 0 Å². The number of anilines is 2. The molecule has 1 amide bonds. The van der Waals surface area contributed by atoms with Gasteiger partial charge in [0, 0.05) is 17.6 Å². The van der Waals surface area contributed by atoms with Gasteiger partial charge in [-0.1, -0.05) is 6.42 Å². The summed E-state index contributed by atoms with van der Waals surface area (Å²) in [5, 5.41) is 2.69. The molecule has 130 valence electrons. The fourth-order valence-electron chi connectivity index (χ4n) is 2.59. The van der Waals surface area contributed by atoms with E-state index in [1.807, 2.05) is 0 Å². The molecule has 9 heteroatoms. The van der Waals surface area contributed by atoms with Crippen LogP contribution in [0.25, 0.3) is 0 Å². The van der Waals surface area contributed by atoms with E-state index >= 15 is 0 Å². The highest BCUT2D eigenvalue weighted by molar-refractivity contribution is 7.92. The van der Waals surface area contributed by atoms with Crippen molar-refractivity contribution in [3.8, 4) is 0 Å². The minimum absolute atomic E-state index is 0. The largest absolute Gasteiger partial charge is 0.328 e. The van der Waals surface area contributed by atoms with Crippen LogP contribution >= 0.6 is 12.4 Å². The average Bonchev–Trinajstić information content (AvgIpc) is 2.41. The molecule has 1 saturated carbocycles. The molecule has 2 atom stereocenters. The molecule has 1 aromatic carbocycles. The maximum absolute atomic E-state index is 13.6. The minimum Gasteiger partial charge on any atom is -0.328 e. The van der Waals surface area contributed by atoms with Crippen LogP contribution in [0.2, 0.25) is 0 Å². The van der Waals surface area contributed by atoms with E-state index in [9.17, 15) is 17.6 Å². The van der Waals surface area contributed by atoms with Gasteiger partial charge in [-0.25, -0.2) is 12.8 Å². The van der Waals surface area contributed by atoms with Crippen molar-refractivity contribution < 1.29 is 17.6 Å². The van der Waals surface area contributed by atoms with E-state index in [0.717, 1.165) is 31.6 Å². The third-order valence-corrected chi connectivity index (χ3v) is 4.21. The molecular weight excluding hydrogens is 345 g/mol. The fourth-order valence-corrected chi connectivity index (χ4v) is 3.15. The molecule has 23 heavy (non-hydrogen) atoms. The normalized spacial score (nSPS) is 21.2. The number of nitrogens with two attached hydrogens (primary N) is 1. The van der Waals surface area contributed by atoms with Gasteiger partial charge in [-0.2, -0.15) is 0 Å². The van der Waals surface area contributed by atoms with Crippen molar-refractivity contribution in [1.82, 2.24) is 0 Å². The molecule has 1 fully saturated rings. The van der Waals surface area contributed by atoms with E-state index in [0.29, 0.717) is 12.1 Å². The molecule has 2 unspecified atom stereocenters. The number of carbonyl (C=O) groups excluding carboxylic acids is 1. The predicted octanol–water partition coefficient (Wildman–Crippen LogP) is 2.07. The van der Waals surface area contributed by atoms with E-state index in [2.05, 4.69) is 10.0 Å². The lowest BCUT2D eigenvalue weighted by Gasteiger charge is -2.25. The van der Waals surface area contributed by atoms with Crippen LogP contribution in [-0.2, 0) is 14.8 Å². The molecule has 4 N–H and O–H groups in total. The number of rotatable bonds is 4. The SMILES string of the molecule is CS(=O)(=O)Nc1cc(NC(=O)C2CCCC(N)C2)ccc1F.Cl. The summed E-state index contributed by atoms with van der Waals surface area (Å²) in [7, 11) is -3.59. The van der Waals surface area contributed by atoms with E-state index in [1.165, 1.54) is 12.1 Å². The molecule has 0 saturated heterocycles. The van der Waals surface area contributed by atoms with E-state index in [4.69, 9.17) is 5.73 Å². The molecular formula is C14H21ClFN3O3S. The number of benzene rings is 1. The molecule has 1 aliphatic carbocycles. The Morgan fingerprint density at radius 1 is 1.35 bits per heavy atom. The van der Waals surface area contributed by atoms with Crippen LogP contribution in [0.4, 0.5) is 15.8 Å². The Hall–Kier alpha value is -1.38. The molecule has 0 bridgehead atoms. The highest BCUT2D eigenvalue weighted by atomic mass is 35.5. The minimum atomic E-state index is -3.59. The van der Waals surface area contributed by atoms with Crippen LogP contribution in [0.5, 0.6) is 0 Å². The van der Waals surface area contributed by atoms with Crippen molar-refractivity contribution in [2.24, 2.45) is 11.7 Å². The third kappa shape index (κ3) is 5.96. The van der Waals surface area contributed by atoms with E-state index in [-0.39, 0.29) is 36.0 Å². The molecule has 0 spiro atoms. The second kappa shape index (κ2) is 7.94. The van der Waals surface area contributed by atoms with Crippen molar-refractivity contribution in [3.05, 3.63) is 24.0 Å². The highest BCUT2D eigenvalue weighted by Gasteiger charge is 2.25. The first-order valence-corrected chi connectivity index (χ1v) is 8.97. The number of halogens is 2. The highest BCUT2D eigenvalue weighted by Crippen LogP contribution is 2.26. The summed E-state index contributed by atoms with van der Waals surface area (Å²) in [6, 6.07) is 3.79. The van der Waals surface area contributed by atoms with Crippen LogP contribution in [-0.4, -0.2) is 26.6 Å². The van der Waals surface area contributed by atoms with Gasteiger partial charge in [-0.3, -0.25) is 9.52 Å². The summed E-state index contributed by atoms with van der Waals surface area (Å²) in [4.78, 5) is 12.2. The lowest BCUT2D eigenvalue weighted by Crippen LogP contribution is -2.34. The summed E-state index contributed by atoms with van der Waals surface area (Å²) < 4.78 is 38.0. The van der Waals surface area contributed by atoms with E-state index in [1.54, 1.807) is 0 Å². The van der Waals surface area contributed by atoms with Gasteiger partial charge in [0.05, 0.1) is 11.9 Å². The maximum atomic E-state index is 13.6. The first-order chi connectivity index (χ1) is 10.2. The lowest BCUT2D eigenvalue weighted by molar-refractivity contribution is -0.120. The monoisotopic (exact) mass is 365 g/mol. The first-order valence-electron chi connectivity index (χ1n) is 7.08. The van der Waals surface area contributed by atoms with Gasteiger partial charge in [0.1, 0.15) is 5.82 Å². The van der Waals surface area contributed by atoms with Crippen LogP contribution in [0.1, 0.15) is 25.7 Å². The van der Waals surface area contributed by atoms with Crippen LogP contribution in [0.3, 0.4) is 0 Å². The average molecular weight is 366 g/mol. The van der Waals surface area contributed by atoms with Crippen molar-refractivity contribution in [2.75, 3.05) is 16.3 Å². The Labute approximate surface area is 141 Å². The molecule has 0 aliphatic heterocycles. The summed E-state index contributed by atoms with van der Waals surface area (Å²) in [6.45, 7) is 0. The Morgan fingerprint density at radius 2 is 2.04 bits per heavy atom. The zero-order valence-electron chi connectivity index (χ0n) is 12.7. The van der Waals surface area contributed by atoms with Crippen molar-refractivity contribution in [2.45, 2.75) is 31.7 Å². The van der Waals surface area contributed by atoms with Crippen molar-refractivity contribution >= 4 is 39.7 Å². The maximum Gasteiger partial charge on any atom is 0.229 e. The second-order valence-electron chi connectivity index (χ2n) is 5.68. The van der Waals surface area contributed by atoms with Crippen molar-refractivity contribution in [3.63, 3.8) is 0 Å². The second-order valence-corrected chi connectivity index (χ2v) is 7.43. The summed E-state index contributed by atoms with van der Waals surface area (Å²) in [5.41, 5.74) is 6.01. The Bertz CT molecular complexity index is 669. The standard InChI is InChI=1S/C14H20FN3O3S.ClH/c1-22(20,21)18-13-8-11(5-6-12(13)15)17-14(19)9-3-2-4-10(16)7-9;/h5-6,8-10,18H,2-4,7,16H2,1H3,(H,17,19);1H. The van der Waals surface area contributed by atoms with Gasteiger partial charge in [-0.05, 0) is 37.5 Å². The molecule has 0 radical (unpaired) electrons. The Morgan fingerprint density at radius 3 is 2.65 bits per heavy atom. The zero-order valence-corrected chi connectivity index (χ0v) is 14.3. The molecule has 1 aromatic rings. The number of sulfonamides is 1. The number of amides is 1. The molecule has 6 nitrogen and oxygen atoms in total. The quantitative estimate of drug-likeness (QED) is 0.760. The molecule has 0 aromatic heterocycles. The van der Waals surface area contributed by atoms with Gasteiger partial charge >= 0.3 is 0 Å². The molecule has 2 rings (SSSR count). The van der Waals surface area contributed by atoms with Gasteiger partial charge in [0.2, 0.25) is 15.9 Å². The summed E-state index contributed by atoms with van der Waals surface area (Å²) in [6.07, 6.45) is 4.16. The fraction of sp³-hybridized carbons (Fsp3) is 0.500. The van der Waals surface area contributed by atoms with Crippen LogP contribution in [0.15, 0.2) is 18.2 Å². The Kier molecular flexibility index (Phi) is 6.79. The third-order valence-electron chi connectivity index (χ3n) is 3.61. The lowest BCUT2D eigenvalue weighted by atomic mass is 9.85. The van der Waals surface area contributed by atoms with Gasteiger partial charge in [-0.15, -0.1) is 12.4 Å². The van der Waals surface area contributed by atoms with Crippen LogP contribution in [0, 0.1) is 11.7 Å².